The number of halogens is 1. The molecule has 0 bridgehead atoms. The molecule has 14 heavy (non-hydrogen) atoms. The van der Waals surface area contributed by atoms with Crippen LogP contribution < -0.4 is 5.32 Å². The smallest absolute Gasteiger partial charge is 0.0317 e. The van der Waals surface area contributed by atoms with Crippen LogP contribution in [0.15, 0.2) is 28.7 Å². The van der Waals surface area contributed by atoms with Crippen LogP contribution in [0.4, 0.5) is 0 Å². The van der Waals surface area contributed by atoms with E-state index in [1.807, 2.05) is 7.05 Å². The van der Waals surface area contributed by atoms with Crippen molar-refractivity contribution in [3.05, 3.63) is 34.3 Å². The highest BCUT2D eigenvalue weighted by molar-refractivity contribution is 9.10. The maximum absolute atomic E-state index is 3.50. The Hall–Kier alpha value is -0.340. The topological polar surface area (TPSA) is 12.0 Å². The molecule has 1 atom stereocenters. The van der Waals surface area contributed by atoms with Crippen molar-refractivity contribution in [2.75, 3.05) is 7.05 Å². The third kappa shape index (κ3) is 3.43. The van der Waals surface area contributed by atoms with Crippen LogP contribution in [-0.2, 0) is 0 Å². The Bertz CT molecular complexity index is 273. The molecule has 0 spiro atoms. The van der Waals surface area contributed by atoms with Crippen molar-refractivity contribution in [1.29, 1.82) is 0 Å². The van der Waals surface area contributed by atoms with Gasteiger partial charge in [0, 0.05) is 10.5 Å². The van der Waals surface area contributed by atoms with Gasteiger partial charge in [-0.2, -0.15) is 0 Å². The fraction of sp³-hybridized carbons (Fsp3) is 0.500. The molecule has 1 unspecified atom stereocenters. The molecular formula is C12H18BrN. The highest BCUT2D eigenvalue weighted by atomic mass is 79.9. The first-order valence-electron chi connectivity index (χ1n) is 5.20. The molecule has 0 aromatic heterocycles. The second-order valence-corrected chi connectivity index (χ2v) is 4.45. The zero-order valence-electron chi connectivity index (χ0n) is 8.89. The average Bonchev–Trinajstić information content (AvgIpc) is 2.19. The number of nitrogens with one attached hydrogen (secondary N) is 1. The van der Waals surface area contributed by atoms with E-state index in [9.17, 15) is 0 Å². The first kappa shape index (κ1) is 11.7. The summed E-state index contributed by atoms with van der Waals surface area (Å²) in [6.45, 7) is 2.23. The van der Waals surface area contributed by atoms with Gasteiger partial charge in [-0.15, -0.1) is 0 Å². The molecule has 0 heterocycles. The molecule has 0 aliphatic carbocycles. The lowest BCUT2D eigenvalue weighted by atomic mass is 10.0. The van der Waals surface area contributed by atoms with Gasteiger partial charge in [-0.05, 0) is 31.2 Å². The second-order valence-electron chi connectivity index (χ2n) is 3.54. The molecule has 1 nitrogen and oxygen atoms in total. The first-order valence-corrected chi connectivity index (χ1v) is 6.00. The molecule has 0 amide bonds. The van der Waals surface area contributed by atoms with Gasteiger partial charge in [-0.25, -0.2) is 0 Å². The van der Waals surface area contributed by atoms with E-state index in [0.29, 0.717) is 6.04 Å². The van der Waals surface area contributed by atoms with Gasteiger partial charge < -0.3 is 5.32 Å². The number of rotatable bonds is 5. The minimum Gasteiger partial charge on any atom is -0.313 e. The van der Waals surface area contributed by atoms with Crippen LogP contribution in [0.1, 0.15) is 37.8 Å². The Morgan fingerprint density at radius 3 is 2.79 bits per heavy atom. The number of hydrogen-bond acceptors (Lipinski definition) is 1. The second kappa shape index (κ2) is 6.20. The van der Waals surface area contributed by atoms with Crippen molar-refractivity contribution >= 4 is 15.9 Å². The van der Waals surface area contributed by atoms with Crippen molar-refractivity contribution in [1.82, 2.24) is 5.32 Å². The highest BCUT2D eigenvalue weighted by Gasteiger charge is 2.07. The zero-order chi connectivity index (χ0) is 10.4. The predicted octanol–water partition coefficient (Wildman–Crippen LogP) is 3.90. The number of benzene rings is 1. The van der Waals surface area contributed by atoms with Crippen molar-refractivity contribution in [2.24, 2.45) is 0 Å². The van der Waals surface area contributed by atoms with E-state index in [-0.39, 0.29) is 0 Å². The van der Waals surface area contributed by atoms with Crippen molar-refractivity contribution < 1.29 is 0 Å². The van der Waals surface area contributed by atoms with E-state index < -0.39 is 0 Å². The number of unbranched alkanes of at least 4 members (excludes halogenated alkanes) is 1. The van der Waals surface area contributed by atoms with Gasteiger partial charge in [-0.1, -0.05) is 47.8 Å². The molecular weight excluding hydrogens is 238 g/mol. The molecule has 0 saturated heterocycles. The first-order chi connectivity index (χ1) is 6.77. The van der Waals surface area contributed by atoms with Crippen LogP contribution in [0.2, 0.25) is 0 Å². The average molecular weight is 256 g/mol. The Morgan fingerprint density at radius 2 is 2.21 bits per heavy atom. The van der Waals surface area contributed by atoms with E-state index in [0.717, 1.165) is 4.47 Å². The van der Waals surface area contributed by atoms with E-state index in [4.69, 9.17) is 0 Å². The quantitative estimate of drug-likeness (QED) is 0.842. The zero-order valence-corrected chi connectivity index (χ0v) is 10.5. The lowest BCUT2D eigenvalue weighted by Crippen LogP contribution is -2.16. The molecule has 0 saturated carbocycles. The monoisotopic (exact) mass is 255 g/mol. The molecule has 1 rings (SSSR count). The summed E-state index contributed by atoms with van der Waals surface area (Å²) in [6, 6.07) is 9.02. The van der Waals surface area contributed by atoms with Crippen molar-refractivity contribution in [2.45, 2.75) is 32.2 Å². The van der Waals surface area contributed by atoms with Gasteiger partial charge in [0.25, 0.3) is 0 Å². The molecule has 0 aliphatic heterocycles. The maximum Gasteiger partial charge on any atom is 0.0317 e. The normalized spacial score (nSPS) is 12.8. The predicted molar refractivity (Wildman–Crippen MR) is 65.5 cm³/mol. The van der Waals surface area contributed by atoms with Gasteiger partial charge >= 0.3 is 0 Å². The van der Waals surface area contributed by atoms with Crippen LogP contribution in [0, 0.1) is 0 Å². The number of hydrogen-bond donors (Lipinski definition) is 1. The highest BCUT2D eigenvalue weighted by Crippen LogP contribution is 2.21. The van der Waals surface area contributed by atoms with Gasteiger partial charge in [0.1, 0.15) is 0 Å². The molecule has 1 aromatic carbocycles. The summed E-state index contributed by atoms with van der Waals surface area (Å²) in [5, 5.41) is 3.36. The van der Waals surface area contributed by atoms with Crippen molar-refractivity contribution in [3.63, 3.8) is 0 Å². The summed E-state index contributed by atoms with van der Waals surface area (Å²) in [5.74, 6) is 0. The lowest BCUT2D eigenvalue weighted by molar-refractivity contribution is 0.522. The Balaban J connectivity index is 2.68. The minimum absolute atomic E-state index is 0.493. The molecule has 0 fully saturated rings. The Morgan fingerprint density at radius 1 is 1.43 bits per heavy atom. The maximum atomic E-state index is 3.50. The SMILES string of the molecule is CCCCC(NC)c1cccc(Br)c1. The van der Waals surface area contributed by atoms with Crippen LogP contribution in [-0.4, -0.2) is 7.05 Å². The van der Waals surface area contributed by atoms with Gasteiger partial charge in [0.15, 0.2) is 0 Å². The van der Waals surface area contributed by atoms with E-state index >= 15 is 0 Å². The third-order valence-corrected chi connectivity index (χ3v) is 2.94. The summed E-state index contributed by atoms with van der Waals surface area (Å²) >= 11 is 3.50. The molecule has 0 radical (unpaired) electrons. The summed E-state index contributed by atoms with van der Waals surface area (Å²) < 4.78 is 1.16. The van der Waals surface area contributed by atoms with Gasteiger partial charge in [0.05, 0.1) is 0 Å². The summed E-state index contributed by atoms with van der Waals surface area (Å²) in [7, 11) is 2.03. The Labute approximate surface area is 95.0 Å². The van der Waals surface area contributed by atoms with Crippen LogP contribution in [0.25, 0.3) is 0 Å². The molecule has 0 aliphatic rings. The summed E-state index contributed by atoms with van der Waals surface area (Å²) in [6.07, 6.45) is 3.74. The third-order valence-electron chi connectivity index (χ3n) is 2.45. The molecule has 1 N–H and O–H groups in total. The van der Waals surface area contributed by atoms with Gasteiger partial charge in [0.2, 0.25) is 0 Å². The van der Waals surface area contributed by atoms with Crippen LogP contribution in [0.5, 0.6) is 0 Å². The summed E-state index contributed by atoms with van der Waals surface area (Å²) in [4.78, 5) is 0. The standard InChI is InChI=1S/C12H18BrN/c1-3-4-8-12(14-2)10-6-5-7-11(13)9-10/h5-7,9,12,14H,3-4,8H2,1-2H3. The van der Waals surface area contributed by atoms with Crippen LogP contribution in [0.3, 0.4) is 0 Å². The van der Waals surface area contributed by atoms with Crippen LogP contribution >= 0.6 is 15.9 Å². The molecule has 78 valence electrons. The largest absolute Gasteiger partial charge is 0.313 e. The van der Waals surface area contributed by atoms with E-state index in [2.05, 4.69) is 52.4 Å². The molecule has 1 aromatic rings. The van der Waals surface area contributed by atoms with Gasteiger partial charge in [-0.3, -0.25) is 0 Å². The fourth-order valence-corrected chi connectivity index (χ4v) is 2.03. The lowest BCUT2D eigenvalue weighted by Gasteiger charge is -2.16. The van der Waals surface area contributed by atoms with Crippen molar-refractivity contribution in [3.8, 4) is 0 Å². The van der Waals surface area contributed by atoms with E-state index in [1.54, 1.807) is 0 Å². The fourth-order valence-electron chi connectivity index (χ4n) is 1.61. The summed E-state index contributed by atoms with van der Waals surface area (Å²) in [5.41, 5.74) is 1.37. The van der Waals surface area contributed by atoms with E-state index in [1.165, 1.54) is 24.8 Å². The molecule has 2 heteroatoms. The minimum atomic E-state index is 0.493. The Kier molecular flexibility index (Phi) is 5.20.